The van der Waals surface area contributed by atoms with Gasteiger partial charge in [0, 0.05) is 18.2 Å². The smallest absolute Gasteiger partial charge is 0.416 e. The number of hydrogen-bond acceptors (Lipinski definition) is 3. The summed E-state index contributed by atoms with van der Waals surface area (Å²) < 4.78 is 43.2. The fraction of sp³-hybridized carbons (Fsp3) is 0.536. The van der Waals surface area contributed by atoms with Crippen LogP contribution in [0.25, 0.3) is 0 Å². The molecule has 192 valence electrons. The molecule has 2 N–H and O–H groups in total. The van der Waals surface area contributed by atoms with E-state index in [4.69, 9.17) is 4.74 Å². The Balaban J connectivity index is 0.00000167. The van der Waals surface area contributed by atoms with Crippen molar-refractivity contribution in [1.82, 2.24) is 10.6 Å². The van der Waals surface area contributed by atoms with E-state index in [9.17, 15) is 18.0 Å². The minimum Gasteiger partial charge on any atom is -0.449 e. The number of alkyl carbamates (subject to hydrolysis) is 1. The summed E-state index contributed by atoms with van der Waals surface area (Å²) in [5.41, 5.74) is 2.33. The van der Waals surface area contributed by atoms with E-state index < -0.39 is 11.7 Å². The molecule has 4 rings (SSSR count). The predicted molar refractivity (Wildman–Crippen MR) is 133 cm³/mol. The van der Waals surface area contributed by atoms with Crippen LogP contribution in [-0.2, 0) is 17.3 Å². The van der Waals surface area contributed by atoms with Gasteiger partial charge in [0.15, 0.2) is 0 Å². The van der Waals surface area contributed by atoms with E-state index in [0.29, 0.717) is 18.4 Å². The molecule has 1 heterocycles. The van der Waals surface area contributed by atoms with Crippen molar-refractivity contribution in [3.05, 3.63) is 71.5 Å². The summed E-state index contributed by atoms with van der Waals surface area (Å²) >= 11 is 0. The van der Waals surface area contributed by atoms with Crippen LogP contribution in [0.4, 0.5) is 18.0 Å². The topological polar surface area (TPSA) is 50.4 Å². The quantitative estimate of drug-likeness (QED) is 0.442. The van der Waals surface area contributed by atoms with Gasteiger partial charge in [-0.15, -0.1) is 0 Å². The van der Waals surface area contributed by atoms with Gasteiger partial charge >= 0.3 is 12.3 Å². The molecule has 0 bridgehead atoms. The molecule has 2 atom stereocenters. The highest BCUT2D eigenvalue weighted by Crippen LogP contribution is 2.34. The van der Waals surface area contributed by atoms with E-state index in [-0.39, 0.29) is 18.1 Å². The lowest BCUT2D eigenvalue weighted by molar-refractivity contribution is -0.137. The summed E-state index contributed by atoms with van der Waals surface area (Å²) in [6.07, 6.45) is 7.93. The summed E-state index contributed by atoms with van der Waals surface area (Å²) in [6, 6.07) is 5.60. The molecule has 1 aliphatic heterocycles. The van der Waals surface area contributed by atoms with Crippen LogP contribution in [0.1, 0.15) is 57.1 Å². The van der Waals surface area contributed by atoms with Gasteiger partial charge < -0.3 is 15.4 Å². The van der Waals surface area contributed by atoms with Crippen molar-refractivity contribution in [3.8, 4) is 0 Å². The van der Waals surface area contributed by atoms with Crippen LogP contribution < -0.4 is 10.6 Å². The minimum absolute atomic E-state index is 0.0134. The summed E-state index contributed by atoms with van der Waals surface area (Å²) in [4.78, 5) is 11.3. The van der Waals surface area contributed by atoms with Crippen molar-refractivity contribution >= 4 is 6.09 Å². The second-order valence-electron chi connectivity index (χ2n) is 9.39. The van der Waals surface area contributed by atoms with Gasteiger partial charge in [0.1, 0.15) is 6.61 Å². The highest BCUT2D eigenvalue weighted by Gasteiger charge is 2.31. The molecular weight excluding hydrogens is 453 g/mol. The number of rotatable bonds is 7. The largest absolute Gasteiger partial charge is 0.449 e. The first-order chi connectivity index (χ1) is 16.8. The van der Waals surface area contributed by atoms with Crippen molar-refractivity contribution in [2.24, 2.45) is 17.8 Å². The zero-order valence-corrected chi connectivity index (χ0v) is 20.7. The molecule has 0 spiro atoms. The summed E-state index contributed by atoms with van der Waals surface area (Å²) in [5, 5.41) is 6.24. The van der Waals surface area contributed by atoms with E-state index in [1.165, 1.54) is 12.1 Å². The normalized spacial score (nSPS) is 25.7. The maximum absolute atomic E-state index is 12.7. The Morgan fingerprint density at radius 2 is 1.77 bits per heavy atom. The average molecular weight is 491 g/mol. The molecule has 7 heteroatoms. The molecule has 1 saturated heterocycles. The van der Waals surface area contributed by atoms with Gasteiger partial charge in [0.25, 0.3) is 0 Å². The maximum Gasteiger partial charge on any atom is 0.416 e. The standard InChI is InChI=1S/C26H31F3N2O2.C2H6/c1-17(21-8-11-24-22(15-21)16-33-25(32)31-24)30-13-12-18-2-4-19(5-3-18)14-20-6-9-23(10-7-20)26(27,28)29;1-2/h6-11,15,18-19,22,24,30H,1-5,12-14,16H2,(H,31,32);1-2H3. The highest BCUT2D eigenvalue weighted by atomic mass is 19.4. The third-order valence-electron chi connectivity index (χ3n) is 7.04. The number of carbonyl (C=O) groups is 1. The molecule has 2 aliphatic carbocycles. The first kappa shape index (κ1) is 26.9. The Morgan fingerprint density at radius 3 is 2.43 bits per heavy atom. The number of carbonyl (C=O) groups excluding carboxylic acids is 1. The van der Waals surface area contributed by atoms with E-state index in [1.807, 2.05) is 26.0 Å². The van der Waals surface area contributed by atoms with Gasteiger partial charge in [-0.1, -0.05) is 63.6 Å². The number of halogens is 3. The fourth-order valence-corrected chi connectivity index (χ4v) is 5.01. The molecule has 0 radical (unpaired) electrons. The summed E-state index contributed by atoms with van der Waals surface area (Å²) in [5.74, 6) is 1.34. The molecule has 1 amide bonds. The monoisotopic (exact) mass is 490 g/mol. The SMILES string of the molecule is C=C(NCCC1CCC(Cc2ccc(C(F)(F)F)cc2)CC1)C1=CC2COC(=O)NC2C=C1.CC. The van der Waals surface area contributed by atoms with Crippen LogP contribution in [0.15, 0.2) is 60.3 Å². The van der Waals surface area contributed by atoms with E-state index in [2.05, 4.69) is 23.3 Å². The second kappa shape index (κ2) is 12.3. The maximum atomic E-state index is 12.7. The third-order valence-corrected chi connectivity index (χ3v) is 7.04. The van der Waals surface area contributed by atoms with Crippen molar-refractivity contribution in [2.75, 3.05) is 13.2 Å². The Morgan fingerprint density at radius 1 is 1.11 bits per heavy atom. The number of alkyl halides is 3. The van der Waals surface area contributed by atoms with Gasteiger partial charge in [-0.05, 0) is 60.8 Å². The molecule has 3 aliphatic rings. The molecule has 2 unspecified atom stereocenters. The number of cyclic esters (lactones) is 1. The number of amides is 1. The zero-order chi connectivity index (χ0) is 25.4. The lowest BCUT2D eigenvalue weighted by Gasteiger charge is -2.31. The molecule has 0 aromatic heterocycles. The van der Waals surface area contributed by atoms with E-state index in [1.54, 1.807) is 12.1 Å². The second-order valence-corrected chi connectivity index (χ2v) is 9.39. The van der Waals surface area contributed by atoms with Gasteiger partial charge in [-0.2, -0.15) is 13.2 Å². The number of fused-ring (bicyclic) bond motifs is 1. The number of nitrogens with one attached hydrogen (secondary N) is 2. The summed E-state index contributed by atoms with van der Waals surface area (Å²) in [7, 11) is 0. The molecule has 1 aromatic carbocycles. The number of allylic oxidation sites excluding steroid dienone is 1. The fourth-order valence-electron chi connectivity index (χ4n) is 5.01. The van der Waals surface area contributed by atoms with Crippen molar-refractivity contribution < 1.29 is 22.7 Å². The van der Waals surface area contributed by atoms with E-state index in [0.717, 1.165) is 61.9 Å². The van der Waals surface area contributed by atoms with Crippen LogP contribution in [0, 0.1) is 17.8 Å². The number of benzene rings is 1. The summed E-state index contributed by atoms with van der Waals surface area (Å²) in [6.45, 7) is 9.41. The zero-order valence-electron chi connectivity index (χ0n) is 20.7. The Kier molecular flexibility index (Phi) is 9.47. The van der Waals surface area contributed by atoms with Crippen LogP contribution in [0.3, 0.4) is 0 Å². The average Bonchev–Trinajstić information content (AvgIpc) is 2.85. The Labute approximate surface area is 206 Å². The molecule has 1 saturated carbocycles. The molecule has 2 fully saturated rings. The van der Waals surface area contributed by atoms with Gasteiger partial charge in [-0.25, -0.2) is 4.79 Å². The van der Waals surface area contributed by atoms with Crippen LogP contribution >= 0.6 is 0 Å². The Hall–Kier alpha value is -2.70. The van der Waals surface area contributed by atoms with Gasteiger partial charge in [0.05, 0.1) is 11.6 Å². The molecule has 4 nitrogen and oxygen atoms in total. The highest BCUT2D eigenvalue weighted by molar-refractivity contribution is 5.69. The van der Waals surface area contributed by atoms with E-state index >= 15 is 0 Å². The minimum atomic E-state index is -4.27. The first-order valence-electron chi connectivity index (χ1n) is 12.7. The number of ether oxygens (including phenoxy) is 1. The van der Waals surface area contributed by atoms with Crippen LogP contribution in [-0.4, -0.2) is 25.3 Å². The van der Waals surface area contributed by atoms with Crippen molar-refractivity contribution in [1.29, 1.82) is 0 Å². The first-order valence-corrected chi connectivity index (χ1v) is 12.7. The molecule has 35 heavy (non-hydrogen) atoms. The van der Waals surface area contributed by atoms with Crippen LogP contribution in [0.5, 0.6) is 0 Å². The van der Waals surface area contributed by atoms with Crippen LogP contribution in [0.2, 0.25) is 0 Å². The predicted octanol–water partition coefficient (Wildman–Crippen LogP) is 6.79. The molecular formula is C28H37F3N2O2. The Bertz CT molecular complexity index is 913. The lowest BCUT2D eigenvalue weighted by atomic mass is 9.78. The lowest BCUT2D eigenvalue weighted by Crippen LogP contribution is -2.47. The number of hydrogen-bond donors (Lipinski definition) is 2. The van der Waals surface area contributed by atoms with Gasteiger partial charge in [-0.3, -0.25) is 0 Å². The van der Waals surface area contributed by atoms with Crippen molar-refractivity contribution in [2.45, 2.75) is 64.6 Å². The van der Waals surface area contributed by atoms with Gasteiger partial charge in [0.2, 0.25) is 0 Å². The van der Waals surface area contributed by atoms with Crippen molar-refractivity contribution in [3.63, 3.8) is 0 Å². The molecule has 1 aromatic rings. The third kappa shape index (κ3) is 7.64.